The maximum Gasteiger partial charge on any atom is 0.129 e. The Kier molecular flexibility index (Phi) is 4.25. The van der Waals surface area contributed by atoms with E-state index in [0.29, 0.717) is 6.04 Å². The van der Waals surface area contributed by atoms with Crippen LogP contribution in [0.1, 0.15) is 57.1 Å². The number of aromatic nitrogens is 1. The van der Waals surface area contributed by atoms with Gasteiger partial charge in [-0.15, -0.1) is 0 Å². The molecular formula is C17H27N3. The molecule has 3 rings (SSSR count). The molecule has 2 aliphatic rings. The first kappa shape index (κ1) is 13.9. The molecule has 1 saturated heterocycles. The SMILES string of the molecule is CNC(C)c1ccnc(N2CCC[C@H]3CCCC[C@H]32)c1. The van der Waals surface area contributed by atoms with E-state index in [-0.39, 0.29) is 0 Å². The van der Waals surface area contributed by atoms with Gasteiger partial charge in [0.1, 0.15) is 5.82 Å². The molecule has 1 N–H and O–H groups in total. The Balaban J connectivity index is 1.83. The van der Waals surface area contributed by atoms with Gasteiger partial charge >= 0.3 is 0 Å². The molecule has 20 heavy (non-hydrogen) atoms. The van der Waals surface area contributed by atoms with Crippen LogP contribution < -0.4 is 10.2 Å². The molecule has 0 radical (unpaired) electrons. The molecule has 1 unspecified atom stereocenters. The molecule has 2 fully saturated rings. The fraction of sp³-hybridized carbons (Fsp3) is 0.706. The van der Waals surface area contributed by atoms with Crippen molar-refractivity contribution in [3.8, 4) is 0 Å². The fourth-order valence-electron chi connectivity index (χ4n) is 3.94. The zero-order chi connectivity index (χ0) is 13.9. The first-order chi connectivity index (χ1) is 9.79. The monoisotopic (exact) mass is 273 g/mol. The highest BCUT2D eigenvalue weighted by Crippen LogP contribution is 2.37. The molecule has 0 bridgehead atoms. The minimum absolute atomic E-state index is 0.392. The fourth-order valence-corrected chi connectivity index (χ4v) is 3.94. The molecule has 1 aromatic heterocycles. The average molecular weight is 273 g/mol. The minimum Gasteiger partial charge on any atom is -0.353 e. The van der Waals surface area contributed by atoms with Crippen LogP contribution in [-0.2, 0) is 0 Å². The number of anilines is 1. The molecule has 110 valence electrons. The lowest BCUT2D eigenvalue weighted by atomic mass is 9.78. The standard InChI is InChI=1S/C17H27N3/c1-13(18-2)15-9-10-19-17(12-15)20-11-5-7-14-6-3-4-8-16(14)20/h9-10,12-14,16,18H,3-8,11H2,1-2H3/t13?,14-,16-/m1/s1. The Labute approximate surface area is 122 Å². The van der Waals surface area contributed by atoms with Gasteiger partial charge in [-0.3, -0.25) is 0 Å². The van der Waals surface area contributed by atoms with Crippen molar-refractivity contribution in [3.05, 3.63) is 23.9 Å². The van der Waals surface area contributed by atoms with Crippen LogP contribution in [0.2, 0.25) is 0 Å². The Morgan fingerprint density at radius 3 is 2.90 bits per heavy atom. The topological polar surface area (TPSA) is 28.2 Å². The largest absolute Gasteiger partial charge is 0.353 e. The minimum atomic E-state index is 0.392. The summed E-state index contributed by atoms with van der Waals surface area (Å²) in [6.45, 7) is 3.39. The number of pyridine rings is 1. The van der Waals surface area contributed by atoms with Gasteiger partial charge in [0, 0.05) is 24.8 Å². The summed E-state index contributed by atoms with van der Waals surface area (Å²) in [5.41, 5.74) is 1.34. The molecule has 3 nitrogen and oxygen atoms in total. The van der Waals surface area contributed by atoms with Crippen LogP contribution in [0.25, 0.3) is 0 Å². The van der Waals surface area contributed by atoms with Gasteiger partial charge in [0.25, 0.3) is 0 Å². The zero-order valence-corrected chi connectivity index (χ0v) is 12.8. The van der Waals surface area contributed by atoms with Crippen molar-refractivity contribution in [1.29, 1.82) is 0 Å². The summed E-state index contributed by atoms with van der Waals surface area (Å²) in [4.78, 5) is 7.27. The average Bonchev–Trinajstić information content (AvgIpc) is 2.53. The number of rotatable bonds is 3. The Morgan fingerprint density at radius 2 is 2.05 bits per heavy atom. The van der Waals surface area contributed by atoms with Gasteiger partial charge in [0.2, 0.25) is 0 Å². The van der Waals surface area contributed by atoms with Crippen LogP contribution in [0.5, 0.6) is 0 Å². The van der Waals surface area contributed by atoms with Gasteiger partial charge in [-0.2, -0.15) is 0 Å². The van der Waals surface area contributed by atoms with Gasteiger partial charge in [-0.25, -0.2) is 4.98 Å². The van der Waals surface area contributed by atoms with E-state index in [4.69, 9.17) is 0 Å². The highest BCUT2D eigenvalue weighted by Gasteiger charge is 2.33. The van der Waals surface area contributed by atoms with Crippen LogP contribution in [0.3, 0.4) is 0 Å². The molecule has 0 aromatic carbocycles. The second kappa shape index (κ2) is 6.13. The molecule has 3 atom stereocenters. The summed E-state index contributed by atoms with van der Waals surface area (Å²) in [6.07, 6.45) is 10.3. The van der Waals surface area contributed by atoms with Crippen molar-refractivity contribution in [2.75, 3.05) is 18.5 Å². The summed E-state index contributed by atoms with van der Waals surface area (Å²) < 4.78 is 0. The molecule has 1 aliphatic carbocycles. The van der Waals surface area contributed by atoms with E-state index >= 15 is 0 Å². The number of nitrogens with zero attached hydrogens (tertiary/aromatic N) is 2. The van der Waals surface area contributed by atoms with Crippen molar-refractivity contribution >= 4 is 5.82 Å². The van der Waals surface area contributed by atoms with Crippen LogP contribution in [0.4, 0.5) is 5.82 Å². The predicted octanol–water partition coefficient (Wildman–Crippen LogP) is 3.52. The summed E-state index contributed by atoms with van der Waals surface area (Å²) in [5, 5.41) is 3.32. The molecule has 3 heteroatoms. The van der Waals surface area contributed by atoms with Gasteiger partial charge in [0.15, 0.2) is 0 Å². The summed E-state index contributed by atoms with van der Waals surface area (Å²) in [5.74, 6) is 2.10. The normalized spacial score (nSPS) is 28.0. The quantitative estimate of drug-likeness (QED) is 0.913. The lowest BCUT2D eigenvalue weighted by Gasteiger charge is -2.45. The van der Waals surface area contributed by atoms with Crippen LogP contribution >= 0.6 is 0 Å². The first-order valence-electron chi connectivity index (χ1n) is 8.19. The highest BCUT2D eigenvalue weighted by molar-refractivity contribution is 5.44. The smallest absolute Gasteiger partial charge is 0.129 e. The van der Waals surface area contributed by atoms with Crippen LogP contribution in [0, 0.1) is 5.92 Å². The van der Waals surface area contributed by atoms with Crippen molar-refractivity contribution in [1.82, 2.24) is 10.3 Å². The Hall–Kier alpha value is -1.09. The number of hydrogen-bond donors (Lipinski definition) is 1. The molecule has 2 heterocycles. The van der Waals surface area contributed by atoms with E-state index in [1.807, 2.05) is 13.2 Å². The van der Waals surface area contributed by atoms with E-state index < -0.39 is 0 Å². The van der Waals surface area contributed by atoms with Crippen molar-refractivity contribution in [2.24, 2.45) is 5.92 Å². The summed E-state index contributed by atoms with van der Waals surface area (Å²) in [7, 11) is 2.02. The third-order valence-corrected chi connectivity index (χ3v) is 5.24. The van der Waals surface area contributed by atoms with Crippen molar-refractivity contribution in [3.63, 3.8) is 0 Å². The van der Waals surface area contributed by atoms with E-state index in [9.17, 15) is 0 Å². The van der Waals surface area contributed by atoms with Gasteiger partial charge < -0.3 is 10.2 Å². The van der Waals surface area contributed by atoms with E-state index in [1.54, 1.807) is 0 Å². The third-order valence-electron chi connectivity index (χ3n) is 5.24. The van der Waals surface area contributed by atoms with Crippen molar-refractivity contribution < 1.29 is 0 Å². The molecule has 1 aromatic rings. The molecule has 1 aliphatic heterocycles. The van der Waals surface area contributed by atoms with Gasteiger partial charge in [-0.05, 0) is 63.3 Å². The maximum absolute atomic E-state index is 4.67. The molecular weight excluding hydrogens is 246 g/mol. The van der Waals surface area contributed by atoms with Crippen molar-refractivity contribution in [2.45, 2.75) is 57.5 Å². The van der Waals surface area contributed by atoms with E-state index in [2.05, 4.69) is 34.3 Å². The van der Waals surface area contributed by atoms with Gasteiger partial charge in [-0.1, -0.05) is 12.8 Å². The van der Waals surface area contributed by atoms with E-state index in [0.717, 1.165) is 12.0 Å². The van der Waals surface area contributed by atoms with Crippen LogP contribution in [-0.4, -0.2) is 24.6 Å². The molecule has 1 saturated carbocycles. The second-order valence-electron chi connectivity index (χ2n) is 6.41. The third kappa shape index (κ3) is 2.69. The second-order valence-corrected chi connectivity index (χ2v) is 6.41. The highest BCUT2D eigenvalue weighted by atomic mass is 15.2. The lowest BCUT2D eigenvalue weighted by molar-refractivity contribution is 0.242. The number of fused-ring (bicyclic) bond motifs is 1. The number of hydrogen-bond acceptors (Lipinski definition) is 3. The maximum atomic E-state index is 4.67. The van der Waals surface area contributed by atoms with Gasteiger partial charge in [0.05, 0.1) is 0 Å². The zero-order valence-electron chi connectivity index (χ0n) is 12.8. The summed E-state index contributed by atoms with van der Waals surface area (Å²) in [6, 6.07) is 5.55. The Bertz CT molecular complexity index is 444. The van der Waals surface area contributed by atoms with E-state index in [1.165, 1.54) is 56.5 Å². The number of piperidine rings is 1. The summed E-state index contributed by atoms with van der Waals surface area (Å²) >= 11 is 0. The predicted molar refractivity (Wildman–Crippen MR) is 84.0 cm³/mol. The first-order valence-corrected chi connectivity index (χ1v) is 8.19. The lowest BCUT2D eigenvalue weighted by Crippen LogP contribution is -2.47. The Morgan fingerprint density at radius 1 is 1.25 bits per heavy atom. The molecule has 0 spiro atoms. The molecule has 0 amide bonds. The van der Waals surface area contributed by atoms with Crippen LogP contribution in [0.15, 0.2) is 18.3 Å². The number of nitrogens with one attached hydrogen (secondary N) is 1.